The molecule has 0 amide bonds. The summed E-state index contributed by atoms with van der Waals surface area (Å²) in [5.74, 6) is 0. The molecule has 1 unspecified atom stereocenters. The Balaban J connectivity index is 1.85. The summed E-state index contributed by atoms with van der Waals surface area (Å²) >= 11 is 1.89. The maximum absolute atomic E-state index is 4.55. The van der Waals surface area contributed by atoms with E-state index >= 15 is 0 Å². The molecule has 2 heterocycles. The molecule has 1 aliphatic heterocycles. The van der Waals surface area contributed by atoms with Crippen LogP contribution < -0.4 is 5.32 Å². The van der Waals surface area contributed by atoms with Crippen molar-refractivity contribution >= 4 is 16.9 Å². The summed E-state index contributed by atoms with van der Waals surface area (Å²) in [4.78, 5) is 4.55. The molecule has 1 aliphatic rings. The monoisotopic (exact) mass is 266 g/mol. The van der Waals surface area contributed by atoms with Gasteiger partial charge in [0.15, 0.2) is 5.17 Å². The number of rotatable bonds is 5. The van der Waals surface area contributed by atoms with Crippen LogP contribution in [0.25, 0.3) is 0 Å². The summed E-state index contributed by atoms with van der Waals surface area (Å²) in [7, 11) is 1.97. The average molecular weight is 266 g/mol. The van der Waals surface area contributed by atoms with Gasteiger partial charge in [-0.2, -0.15) is 5.10 Å². The van der Waals surface area contributed by atoms with Crippen LogP contribution in [0.15, 0.2) is 11.2 Å². The van der Waals surface area contributed by atoms with E-state index in [1.807, 2.05) is 23.5 Å². The van der Waals surface area contributed by atoms with Crippen molar-refractivity contribution in [2.45, 2.75) is 44.9 Å². The van der Waals surface area contributed by atoms with Crippen LogP contribution in [0.4, 0.5) is 0 Å². The Labute approximate surface area is 113 Å². The van der Waals surface area contributed by atoms with E-state index in [-0.39, 0.29) is 0 Å². The largest absolute Gasteiger partial charge is 0.361 e. The molecule has 1 atom stereocenters. The fourth-order valence-corrected chi connectivity index (χ4v) is 3.31. The third-order valence-electron chi connectivity index (χ3n) is 3.08. The molecule has 0 fully saturated rings. The van der Waals surface area contributed by atoms with Crippen molar-refractivity contribution in [3.8, 4) is 0 Å². The van der Waals surface area contributed by atoms with Gasteiger partial charge in [-0.15, -0.1) is 0 Å². The lowest BCUT2D eigenvalue weighted by molar-refractivity contribution is 0.746. The third kappa shape index (κ3) is 3.28. The summed E-state index contributed by atoms with van der Waals surface area (Å²) in [6.07, 6.45) is 5.57. The molecule has 2 rings (SSSR count). The normalized spacial score (nSPS) is 19.1. The van der Waals surface area contributed by atoms with Gasteiger partial charge < -0.3 is 5.32 Å². The highest BCUT2D eigenvalue weighted by Gasteiger charge is 2.18. The number of aromatic nitrogens is 2. The van der Waals surface area contributed by atoms with E-state index in [1.165, 1.54) is 24.1 Å². The van der Waals surface area contributed by atoms with Crippen molar-refractivity contribution < 1.29 is 0 Å². The molecule has 0 spiro atoms. The highest BCUT2D eigenvalue weighted by molar-refractivity contribution is 8.14. The van der Waals surface area contributed by atoms with Crippen molar-refractivity contribution in [1.82, 2.24) is 15.1 Å². The van der Waals surface area contributed by atoms with Crippen LogP contribution in [0.1, 0.15) is 37.9 Å². The second-order valence-electron chi connectivity index (χ2n) is 4.66. The highest BCUT2D eigenvalue weighted by Crippen LogP contribution is 2.23. The van der Waals surface area contributed by atoms with Crippen LogP contribution in [-0.4, -0.2) is 26.7 Å². The molecule has 4 nitrogen and oxygen atoms in total. The fraction of sp³-hybridized carbons (Fsp3) is 0.692. The molecule has 0 aromatic carbocycles. The zero-order valence-electron chi connectivity index (χ0n) is 11.4. The summed E-state index contributed by atoms with van der Waals surface area (Å²) in [5.41, 5.74) is 2.46. The predicted molar refractivity (Wildman–Crippen MR) is 78.0 cm³/mol. The first kappa shape index (κ1) is 13.5. The van der Waals surface area contributed by atoms with E-state index in [9.17, 15) is 0 Å². The van der Waals surface area contributed by atoms with Gasteiger partial charge in [-0.3, -0.25) is 9.67 Å². The lowest BCUT2D eigenvalue weighted by Crippen LogP contribution is -2.19. The third-order valence-corrected chi connectivity index (χ3v) is 4.30. The molecule has 18 heavy (non-hydrogen) atoms. The summed E-state index contributed by atoms with van der Waals surface area (Å²) in [6, 6.07) is 0. The number of thioether (sulfide) groups is 1. The molecule has 0 saturated carbocycles. The van der Waals surface area contributed by atoms with E-state index < -0.39 is 0 Å². The van der Waals surface area contributed by atoms with Crippen LogP contribution in [0.3, 0.4) is 0 Å². The van der Waals surface area contributed by atoms with Gasteiger partial charge in [0.25, 0.3) is 0 Å². The Bertz CT molecular complexity index is 425. The van der Waals surface area contributed by atoms with Crippen LogP contribution >= 0.6 is 11.8 Å². The summed E-state index contributed by atoms with van der Waals surface area (Å²) in [6.45, 7) is 6.18. The number of aliphatic imine (C=N–C) groups is 1. The molecular formula is C13H22N4S. The lowest BCUT2D eigenvalue weighted by Gasteiger charge is -2.07. The van der Waals surface area contributed by atoms with Crippen LogP contribution in [-0.2, 0) is 20.0 Å². The van der Waals surface area contributed by atoms with E-state index in [1.54, 1.807) is 0 Å². The standard InChI is InChI=1S/C13H22N4S/c1-4-6-11-8-15-13(18-11)14-7-10-9-17(3)16-12(10)5-2/h9,11H,4-8H2,1-3H3,(H,14,15). The molecule has 5 heteroatoms. The molecule has 0 aliphatic carbocycles. The Morgan fingerprint density at radius 2 is 2.33 bits per heavy atom. The van der Waals surface area contributed by atoms with Crippen molar-refractivity contribution in [3.63, 3.8) is 0 Å². The Hall–Kier alpha value is -0.970. The van der Waals surface area contributed by atoms with E-state index in [2.05, 4.69) is 35.5 Å². The summed E-state index contributed by atoms with van der Waals surface area (Å²) < 4.78 is 1.89. The lowest BCUT2D eigenvalue weighted by atomic mass is 10.2. The quantitative estimate of drug-likeness (QED) is 0.889. The van der Waals surface area contributed by atoms with Gasteiger partial charge in [0.1, 0.15) is 0 Å². The first-order valence-corrected chi connectivity index (χ1v) is 7.57. The second-order valence-corrected chi connectivity index (χ2v) is 5.95. The van der Waals surface area contributed by atoms with E-state index in [4.69, 9.17) is 0 Å². The maximum atomic E-state index is 4.55. The van der Waals surface area contributed by atoms with Crippen molar-refractivity contribution in [2.24, 2.45) is 12.0 Å². The maximum Gasteiger partial charge on any atom is 0.157 e. The number of hydrogen-bond acceptors (Lipinski definition) is 4. The zero-order chi connectivity index (χ0) is 13.0. The van der Waals surface area contributed by atoms with Crippen LogP contribution in [0.2, 0.25) is 0 Å². The van der Waals surface area contributed by atoms with Gasteiger partial charge in [0, 0.05) is 30.6 Å². The molecule has 0 radical (unpaired) electrons. The fourth-order valence-electron chi connectivity index (χ4n) is 2.19. The Morgan fingerprint density at radius 1 is 1.50 bits per heavy atom. The van der Waals surface area contributed by atoms with Crippen LogP contribution in [0, 0.1) is 0 Å². The van der Waals surface area contributed by atoms with Gasteiger partial charge in [-0.1, -0.05) is 32.0 Å². The minimum Gasteiger partial charge on any atom is -0.361 e. The number of nitrogens with one attached hydrogen (secondary N) is 1. The molecular weight excluding hydrogens is 244 g/mol. The van der Waals surface area contributed by atoms with Gasteiger partial charge >= 0.3 is 0 Å². The smallest absolute Gasteiger partial charge is 0.157 e. The van der Waals surface area contributed by atoms with Gasteiger partial charge in [0.05, 0.1) is 12.2 Å². The molecule has 100 valence electrons. The molecule has 1 aromatic heterocycles. The number of amidine groups is 1. The highest BCUT2D eigenvalue weighted by atomic mass is 32.2. The molecule has 0 bridgehead atoms. The Kier molecular flexibility index (Phi) is 4.69. The molecule has 0 saturated heterocycles. The van der Waals surface area contributed by atoms with E-state index in [0.29, 0.717) is 5.25 Å². The van der Waals surface area contributed by atoms with E-state index in [0.717, 1.165) is 24.7 Å². The first-order valence-electron chi connectivity index (χ1n) is 6.69. The SMILES string of the molecule is CCCC1CN=C(NCc2cn(C)nc2CC)S1. The zero-order valence-corrected chi connectivity index (χ0v) is 12.3. The van der Waals surface area contributed by atoms with Gasteiger partial charge in [-0.25, -0.2) is 0 Å². The minimum atomic E-state index is 0.678. The summed E-state index contributed by atoms with van der Waals surface area (Å²) in [5, 5.41) is 9.66. The number of nitrogens with zero attached hydrogens (tertiary/aromatic N) is 3. The minimum absolute atomic E-state index is 0.678. The number of aryl methyl sites for hydroxylation is 2. The average Bonchev–Trinajstić information content (AvgIpc) is 2.93. The molecule has 1 aromatic rings. The molecule has 1 N–H and O–H groups in total. The van der Waals surface area contributed by atoms with Crippen molar-refractivity contribution in [2.75, 3.05) is 6.54 Å². The Morgan fingerprint density at radius 3 is 3.06 bits per heavy atom. The van der Waals surface area contributed by atoms with Crippen molar-refractivity contribution in [1.29, 1.82) is 0 Å². The predicted octanol–water partition coefficient (Wildman–Crippen LogP) is 2.34. The van der Waals surface area contributed by atoms with Gasteiger partial charge in [-0.05, 0) is 12.8 Å². The number of hydrogen-bond donors (Lipinski definition) is 1. The van der Waals surface area contributed by atoms with Crippen LogP contribution in [0.5, 0.6) is 0 Å². The first-order chi connectivity index (χ1) is 8.72. The van der Waals surface area contributed by atoms with Crippen molar-refractivity contribution in [3.05, 3.63) is 17.5 Å². The van der Waals surface area contributed by atoms with Gasteiger partial charge in [0.2, 0.25) is 0 Å². The topological polar surface area (TPSA) is 42.2 Å². The second kappa shape index (κ2) is 6.27.